The number of rotatable bonds is 3. The van der Waals surface area contributed by atoms with Crippen molar-refractivity contribution < 1.29 is 22.7 Å². The summed E-state index contributed by atoms with van der Waals surface area (Å²) in [7, 11) is 0. The molecular formula is C21H19F3N4O2S. The largest absolute Gasteiger partial charge is 0.416 e. The number of morpholine rings is 1. The Labute approximate surface area is 180 Å². The summed E-state index contributed by atoms with van der Waals surface area (Å²) in [5.41, 5.74) is -0.905. The Morgan fingerprint density at radius 3 is 2.71 bits per heavy atom. The predicted octanol–water partition coefficient (Wildman–Crippen LogP) is 4.41. The molecule has 1 aliphatic heterocycles. The van der Waals surface area contributed by atoms with Crippen LogP contribution in [-0.4, -0.2) is 50.9 Å². The molecule has 0 bridgehead atoms. The summed E-state index contributed by atoms with van der Waals surface area (Å²) in [4.78, 5) is 20.3. The second-order valence-electron chi connectivity index (χ2n) is 7.78. The molecule has 6 nitrogen and oxygen atoms in total. The van der Waals surface area contributed by atoms with Crippen LogP contribution in [0.2, 0.25) is 0 Å². The number of amides is 1. The van der Waals surface area contributed by atoms with Gasteiger partial charge in [-0.1, -0.05) is 12.1 Å². The van der Waals surface area contributed by atoms with E-state index in [1.807, 2.05) is 11.4 Å². The standard InChI is InChI=1S/C21H19F3N4O2S/c22-21(23,24)14-4-1-5-15(12-14)28-18(16-6-2-11-31-16)25-17(26-28)19(29)27-9-10-30-13-20(27)7-3-8-20/h1-2,4-6,11-12H,3,7-10,13H2. The topological polar surface area (TPSA) is 60.2 Å². The van der Waals surface area contributed by atoms with Gasteiger partial charge in [-0.05, 0) is 48.9 Å². The van der Waals surface area contributed by atoms with Crippen molar-refractivity contribution in [1.29, 1.82) is 0 Å². The molecule has 0 unspecified atom stereocenters. The van der Waals surface area contributed by atoms with E-state index in [-0.39, 0.29) is 23.0 Å². The third-order valence-electron chi connectivity index (χ3n) is 5.89. The van der Waals surface area contributed by atoms with Crippen LogP contribution in [0.1, 0.15) is 35.4 Å². The second-order valence-corrected chi connectivity index (χ2v) is 8.73. The van der Waals surface area contributed by atoms with Crippen molar-refractivity contribution in [2.75, 3.05) is 19.8 Å². The zero-order chi connectivity index (χ0) is 21.6. The van der Waals surface area contributed by atoms with Crippen LogP contribution in [0.25, 0.3) is 16.4 Å². The lowest BCUT2D eigenvalue weighted by Crippen LogP contribution is -2.62. The highest BCUT2D eigenvalue weighted by Gasteiger charge is 2.48. The Hall–Kier alpha value is -2.72. The van der Waals surface area contributed by atoms with E-state index in [1.165, 1.54) is 28.2 Å². The SMILES string of the molecule is O=C(c1nc(-c2cccs2)n(-c2cccc(C(F)(F)F)c2)n1)N1CCOCC12CCC2. The van der Waals surface area contributed by atoms with Crippen molar-refractivity contribution in [3.05, 3.63) is 53.2 Å². The van der Waals surface area contributed by atoms with Gasteiger partial charge in [0.05, 0.1) is 34.9 Å². The zero-order valence-electron chi connectivity index (χ0n) is 16.4. The van der Waals surface area contributed by atoms with E-state index in [2.05, 4.69) is 10.1 Å². The zero-order valence-corrected chi connectivity index (χ0v) is 17.2. The van der Waals surface area contributed by atoms with E-state index in [0.717, 1.165) is 31.4 Å². The van der Waals surface area contributed by atoms with Gasteiger partial charge in [0.1, 0.15) is 0 Å². The Morgan fingerprint density at radius 2 is 2.03 bits per heavy atom. The molecule has 0 atom stereocenters. The average Bonchev–Trinajstić information content (AvgIpc) is 3.41. The van der Waals surface area contributed by atoms with Crippen molar-refractivity contribution in [3.8, 4) is 16.4 Å². The molecule has 1 amide bonds. The summed E-state index contributed by atoms with van der Waals surface area (Å²) in [6, 6.07) is 8.49. The fourth-order valence-corrected chi connectivity index (χ4v) is 4.83. The van der Waals surface area contributed by atoms with Crippen LogP contribution >= 0.6 is 11.3 Å². The highest BCUT2D eigenvalue weighted by atomic mass is 32.1. The molecule has 0 N–H and O–H groups in total. The number of aromatic nitrogens is 3. The number of ether oxygens (including phenoxy) is 1. The molecule has 1 aromatic carbocycles. The lowest BCUT2D eigenvalue weighted by molar-refractivity contribution is -0.137. The van der Waals surface area contributed by atoms with Gasteiger partial charge in [-0.2, -0.15) is 13.2 Å². The first-order chi connectivity index (χ1) is 14.9. The van der Waals surface area contributed by atoms with Crippen LogP contribution in [0.5, 0.6) is 0 Å². The van der Waals surface area contributed by atoms with E-state index in [4.69, 9.17) is 4.74 Å². The number of halogens is 3. The van der Waals surface area contributed by atoms with Gasteiger partial charge in [-0.3, -0.25) is 4.79 Å². The number of benzene rings is 1. The molecule has 3 aromatic rings. The Kier molecular flexibility index (Phi) is 4.86. The Morgan fingerprint density at radius 1 is 1.19 bits per heavy atom. The number of thiophene rings is 1. The van der Waals surface area contributed by atoms with E-state index in [9.17, 15) is 18.0 Å². The van der Waals surface area contributed by atoms with Crippen LogP contribution in [0, 0.1) is 0 Å². The molecule has 3 heterocycles. The maximum atomic E-state index is 13.4. The minimum absolute atomic E-state index is 0.0195. The minimum atomic E-state index is -4.48. The smallest absolute Gasteiger partial charge is 0.377 e. The first-order valence-electron chi connectivity index (χ1n) is 9.96. The summed E-state index contributed by atoms with van der Waals surface area (Å²) < 4.78 is 46.7. The normalized spacial score (nSPS) is 18.2. The average molecular weight is 448 g/mol. The fourth-order valence-electron chi connectivity index (χ4n) is 4.13. The van der Waals surface area contributed by atoms with Crippen LogP contribution in [0.3, 0.4) is 0 Å². The van der Waals surface area contributed by atoms with Gasteiger partial charge >= 0.3 is 6.18 Å². The van der Waals surface area contributed by atoms with Gasteiger partial charge in [0.25, 0.3) is 5.91 Å². The van der Waals surface area contributed by atoms with Gasteiger partial charge in [-0.25, -0.2) is 9.67 Å². The fraction of sp³-hybridized carbons (Fsp3) is 0.381. The molecule has 0 radical (unpaired) electrons. The molecule has 1 saturated heterocycles. The van der Waals surface area contributed by atoms with Crippen molar-refractivity contribution in [2.24, 2.45) is 0 Å². The molecular weight excluding hydrogens is 429 g/mol. The van der Waals surface area contributed by atoms with Crippen LogP contribution in [-0.2, 0) is 10.9 Å². The molecule has 1 aliphatic carbocycles. The highest BCUT2D eigenvalue weighted by Crippen LogP contribution is 2.40. The summed E-state index contributed by atoms with van der Waals surface area (Å²) in [6.07, 6.45) is -1.72. The molecule has 1 saturated carbocycles. The molecule has 1 spiro atoms. The number of carbonyl (C=O) groups excluding carboxylic acids is 1. The van der Waals surface area contributed by atoms with E-state index in [0.29, 0.717) is 30.5 Å². The van der Waals surface area contributed by atoms with Crippen LogP contribution in [0.4, 0.5) is 13.2 Å². The monoisotopic (exact) mass is 448 g/mol. The van der Waals surface area contributed by atoms with Crippen molar-refractivity contribution in [1.82, 2.24) is 19.7 Å². The minimum Gasteiger partial charge on any atom is -0.377 e. The molecule has 10 heteroatoms. The number of alkyl halides is 3. The lowest BCUT2D eigenvalue weighted by Gasteiger charge is -2.52. The maximum Gasteiger partial charge on any atom is 0.416 e. The molecule has 2 fully saturated rings. The third kappa shape index (κ3) is 3.53. The molecule has 5 rings (SSSR count). The molecule has 2 aliphatic rings. The maximum absolute atomic E-state index is 13.4. The summed E-state index contributed by atoms with van der Waals surface area (Å²) >= 11 is 1.38. The lowest BCUT2D eigenvalue weighted by atomic mass is 9.75. The van der Waals surface area contributed by atoms with Gasteiger partial charge in [0.15, 0.2) is 5.82 Å². The summed E-state index contributed by atoms with van der Waals surface area (Å²) in [6.45, 7) is 1.38. The summed E-state index contributed by atoms with van der Waals surface area (Å²) in [5.74, 6) is 0.00844. The van der Waals surface area contributed by atoms with Gasteiger partial charge in [0, 0.05) is 6.54 Å². The first kappa shape index (κ1) is 20.2. The quantitative estimate of drug-likeness (QED) is 0.596. The van der Waals surface area contributed by atoms with Crippen LogP contribution < -0.4 is 0 Å². The Bertz CT molecular complexity index is 1110. The van der Waals surface area contributed by atoms with E-state index in [1.54, 1.807) is 11.0 Å². The van der Waals surface area contributed by atoms with Crippen LogP contribution in [0.15, 0.2) is 41.8 Å². The third-order valence-corrected chi connectivity index (χ3v) is 6.76. The molecule has 2 aromatic heterocycles. The van der Waals surface area contributed by atoms with Crippen molar-refractivity contribution in [2.45, 2.75) is 31.0 Å². The van der Waals surface area contributed by atoms with Gasteiger partial charge < -0.3 is 9.64 Å². The molecule has 31 heavy (non-hydrogen) atoms. The Balaban J connectivity index is 1.57. The first-order valence-corrected chi connectivity index (χ1v) is 10.8. The number of nitrogens with zero attached hydrogens (tertiary/aromatic N) is 4. The van der Waals surface area contributed by atoms with E-state index < -0.39 is 11.7 Å². The van der Waals surface area contributed by atoms with Gasteiger partial charge in [0.2, 0.25) is 5.82 Å². The number of hydrogen-bond donors (Lipinski definition) is 0. The highest BCUT2D eigenvalue weighted by molar-refractivity contribution is 7.13. The number of hydrogen-bond acceptors (Lipinski definition) is 5. The second kappa shape index (κ2) is 7.45. The predicted molar refractivity (Wildman–Crippen MR) is 108 cm³/mol. The van der Waals surface area contributed by atoms with Gasteiger partial charge in [-0.15, -0.1) is 16.4 Å². The van der Waals surface area contributed by atoms with E-state index >= 15 is 0 Å². The number of carbonyl (C=O) groups is 1. The van der Waals surface area contributed by atoms with Crippen molar-refractivity contribution in [3.63, 3.8) is 0 Å². The molecule has 162 valence electrons. The van der Waals surface area contributed by atoms with Crippen molar-refractivity contribution >= 4 is 17.2 Å². The summed E-state index contributed by atoms with van der Waals surface area (Å²) in [5, 5.41) is 6.21.